The summed E-state index contributed by atoms with van der Waals surface area (Å²) in [4.78, 5) is 19.1. The quantitative estimate of drug-likeness (QED) is 0.223. The van der Waals surface area contributed by atoms with E-state index in [1.807, 2.05) is 26.0 Å². The molecule has 1 aromatic heterocycles. The lowest BCUT2D eigenvalue weighted by Gasteiger charge is -2.16. The van der Waals surface area contributed by atoms with Crippen LogP contribution in [0.25, 0.3) is 11.3 Å². The summed E-state index contributed by atoms with van der Waals surface area (Å²) in [6.45, 7) is 3.66. The second kappa shape index (κ2) is 10.2. The fraction of sp³-hybridized carbons (Fsp3) is 0.143. The van der Waals surface area contributed by atoms with Gasteiger partial charge in [0.2, 0.25) is 5.95 Å². The lowest BCUT2D eigenvalue weighted by molar-refractivity contribution is 0.242. The molecule has 0 saturated carbocycles. The predicted molar refractivity (Wildman–Crippen MR) is 126 cm³/mol. The van der Waals surface area contributed by atoms with Crippen molar-refractivity contribution in [2.75, 3.05) is 5.43 Å². The molecule has 4 N–H and O–H groups in total. The number of aromatic nitrogens is 2. The van der Waals surface area contributed by atoms with Crippen LogP contribution in [0.5, 0.6) is 5.75 Å². The Kier molecular flexibility index (Phi) is 7.43. The Morgan fingerprint density at radius 1 is 1.31 bits per heavy atom. The maximum atomic E-state index is 12.3. The third kappa shape index (κ3) is 5.42. The number of nitrogens with zero attached hydrogens (tertiary/aromatic N) is 3. The highest BCUT2D eigenvalue weighted by Gasteiger charge is 2.21. The highest BCUT2D eigenvalue weighted by atomic mass is 79.9. The van der Waals surface area contributed by atoms with E-state index in [0.717, 1.165) is 0 Å². The molecule has 0 radical (unpaired) electrons. The largest absolute Gasteiger partial charge is 0.492 e. The van der Waals surface area contributed by atoms with E-state index in [9.17, 15) is 20.1 Å². The van der Waals surface area contributed by atoms with Gasteiger partial charge in [0.25, 0.3) is 5.56 Å². The standard InChI is InChI=1S/C21H19BBrN5O4/c1-12(2)32-19-16(22(30)31)8-13(9-17(19)23)11-25-28-21-26-18(14-6-4-3-5-7-14)15(10-24)20(29)27-21/h3-9,11-12,30-31H,1-2H3,(H2,26,27,28,29). The molecule has 2 aromatic carbocycles. The molecule has 0 bridgehead atoms. The van der Waals surface area contributed by atoms with Gasteiger partial charge in [0.15, 0.2) is 0 Å². The first-order valence-corrected chi connectivity index (χ1v) is 10.3. The SMILES string of the molecule is CC(C)Oc1c(Br)cc(C=NNc2nc(-c3ccccc3)c(C#N)c(=O)[nH]2)cc1B(O)O. The molecule has 9 nitrogen and oxygen atoms in total. The van der Waals surface area contributed by atoms with Gasteiger partial charge in [-0.2, -0.15) is 10.4 Å². The minimum Gasteiger partial charge on any atom is -0.490 e. The molecule has 0 aliphatic rings. The first-order valence-electron chi connectivity index (χ1n) is 9.55. The number of anilines is 1. The van der Waals surface area contributed by atoms with E-state index in [-0.39, 0.29) is 28.8 Å². The predicted octanol–water partition coefficient (Wildman–Crippen LogP) is 1.98. The van der Waals surface area contributed by atoms with Crippen molar-refractivity contribution in [1.82, 2.24) is 9.97 Å². The normalized spacial score (nSPS) is 10.9. The van der Waals surface area contributed by atoms with Crippen LogP contribution in [-0.2, 0) is 0 Å². The van der Waals surface area contributed by atoms with E-state index in [2.05, 4.69) is 36.4 Å². The van der Waals surface area contributed by atoms with Crippen LogP contribution in [0.3, 0.4) is 0 Å². The van der Waals surface area contributed by atoms with Crippen LogP contribution in [0.2, 0.25) is 0 Å². The van der Waals surface area contributed by atoms with E-state index in [4.69, 9.17) is 4.74 Å². The number of H-pyrrole nitrogens is 1. The van der Waals surface area contributed by atoms with Gasteiger partial charge in [-0.1, -0.05) is 30.3 Å². The number of nitriles is 1. The number of hydrogen-bond acceptors (Lipinski definition) is 8. The third-order valence-corrected chi connectivity index (χ3v) is 4.78. The number of ether oxygens (including phenoxy) is 1. The van der Waals surface area contributed by atoms with Crippen LogP contribution < -0.4 is 21.2 Å². The fourth-order valence-corrected chi connectivity index (χ4v) is 3.45. The van der Waals surface area contributed by atoms with Gasteiger partial charge in [-0.25, -0.2) is 10.4 Å². The fourth-order valence-electron chi connectivity index (χ4n) is 2.87. The Labute approximate surface area is 192 Å². The van der Waals surface area contributed by atoms with Gasteiger partial charge < -0.3 is 14.8 Å². The average molecular weight is 496 g/mol. The number of nitrogens with one attached hydrogen (secondary N) is 2. The molecule has 32 heavy (non-hydrogen) atoms. The Morgan fingerprint density at radius 2 is 2.03 bits per heavy atom. The Balaban J connectivity index is 1.90. The number of halogens is 1. The lowest BCUT2D eigenvalue weighted by atomic mass is 9.78. The molecule has 0 amide bonds. The van der Waals surface area contributed by atoms with E-state index >= 15 is 0 Å². The molecular weight excluding hydrogens is 477 g/mol. The van der Waals surface area contributed by atoms with Crippen LogP contribution in [0.1, 0.15) is 25.0 Å². The summed E-state index contributed by atoms with van der Waals surface area (Å²) in [5, 5.41) is 32.8. The third-order valence-electron chi connectivity index (χ3n) is 4.19. The summed E-state index contributed by atoms with van der Waals surface area (Å²) >= 11 is 3.37. The molecule has 0 fully saturated rings. The number of rotatable bonds is 7. The van der Waals surface area contributed by atoms with Gasteiger partial charge in [0.1, 0.15) is 17.4 Å². The van der Waals surface area contributed by atoms with Crippen molar-refractivity contribution in [3.05, 3.63) is 68.4 Å². The molecule has 0 atom stereocenters. The maximum absolute atomic E-state index is 12.3. The molecule has 3 rings (SSSR count). The summed E-state index contributed by atoms with van der Waals surface area (Å²) in [6, 6.07) is 14.0. The summed E-state index contributed by atoms with van der Waals surface area (Å²) in [5.74, 6) is 0.371. The number of benzene rings is 2. The maximum Gasteiger partial charge on any atom is 0.492 e. The second-order valence-electron chi connectivity index (χ2n) is 6.95. The average Bonchev–Trinajstić information content (AvgIpc) is 2.75. The summed E-state index contributed by atoms with van der Waals surface area (Å²) in [5.41, 5.74) is 3.49. The zero-order chi connectivity index (χ0) is 23.3. The highest BCUT2D eigenvalue weighted by Crippen LogP contribution is 2.25. The van der Waals surface area contributed by atoms with Crippen molar-refractivity contribution >= 4 is 40.7 Å². The van der Waals surface area contributed by atoms with Gasteiger partial charge in [-0.15, -0.1) is 0 Å². The topological polar surface area (TPSA) is 144 Å². The Bertz CT molecular complexity index is 1240. The van der Waals surface area contributed by atoms with Crippen LogP contribution >= 0.6 is 15.9 Å². The number of aromatic amines is 1. The van der Waals surface area contributed by atoms with Crippen molar-refractivity contribution in [3.8, 4) is 23.1 Å². The Morgan fingerprint density at radius 3 is 2.66 bits per heavy atom. The van der Waals surface area contributed by atoms with E-state index in [1.165, 1.54) is 12.3 Å². The molecule has 0 aliphatic carbocycles. The molecule has 0 unspecified atom stereocenters. The van der Waals surface area contributed by atoms with Gasteiger partial charge in [0, 0.05) is 11.0 Å². The van der Waals surface area contributed by atoms with Gasteiger partial charge >= 0.3 is 7.12 Å². The molecule has 3 aromatic rings. The summed E-state index contributed by atoms with van der Waals surface area (Å²) in [6.07, 6.45) is 1.25. The monoisotopic (exact) mass is 495 g/mol. The first kappa shape index (κ1) is 23.2. The van der Waals surface area contributed by atoms with Gasteiger partial charge in [-0.3, -0.25) is 9.78 Å². The second-order valence-corrected chi connectivity index (χ2v) is 7.80. The van der Waals surface area contributed by atoms with Crippen molar-refractivity contribution in [2.45, 2.75) is 20.0 Å². The van der Waals surface area contributed by atoms with Gasteiger partial charge in [0.05, 0.1) is 22.5 Å². The molecule has 0 aliphatic heterocycles. The molecule has 162 valence electrons. The molecule has 1 heterocycles. The lowest BCUT2D eigenvalue weighted by Crippen LogP contribution is -2.33. The van der Waals surface area contributed by atoms with E-state index in [0.29, 0.717) is 21.3 Å². The smallest absolute Gasteiger partial charge is 0.490 e. The van der Waals surface area contributed by atoms with Crippen LogP contribution in [0.15, 0.2) is 56.8 Å². The number of hydrogen-bond donors (Lipinski definition) is 4. The van der Waals surface area contributed by atoms with Crippen LogP contribution in [0.4, 0.5) is 5.95 Å². The van der Waals surface area contributed by atoms with Crippen LogP contribution in [-0.4, -0.2) is 39.5 Å². The first-order chi connectivity index (χ1) is 15.3. The van der Waals surface area contributed by atoms with Crippen molar-refractivity contribution in [3.63, 3.8) is 0 Å². The summed E-state index contributed by atoms with van der Waals surface area (Å²) < 4.78 is 6.18. The van der Waals surface area contributed by atoms with Crippen LogP contribution in [0, 0.1) is 11.3 Å². The zero-order valence-electron chi connectivity index (χ0n) is 17.2. The zero-order valence-corrected chi connectivity index (χ0v) is 18.8. The molecule has 0 spiro atoms. The van der Waals surface area contributed by atoms with Crippen molar-refractivity contribution in [1.29, 1.82) is 5.26 Å². The minimum atomic E-state index is -1.74. The van der Waals surface area contributed by atoms with E-state index < -0.39 is 12.7 Å². The van der Waals surface area contributed by atoms with E-state index in [1.54, 1.807) is 30.3 Å². The molecule has 0 saturated heterocycles. The Hall–Kier alpha value is -3.46. The molecular formula is C21H19BBrN5O4. The molecule has 11 heteroatoms. The summed E-state index contributed by atoms with van der Waals surface area (Å²) in [7, 11) is -1.74. The van der Waals surface area contributed by atoms with Crippen molar-refractivity contribution in [2.24, 2.45) is 5.10 Å². The number of hydrazone groups is 1. The van der Waals surface area contributed by atoms with Gasteiger partial charge in [-0.05, 0) is 47.5 Å². The van der Waals surface area contributed by atoms with Crippen molar-refractivity contribution < 1.29 is 14.8 Å². The highest BCUT2D eigenvalue weighted by molar-refractivity contribution is 9.10. The minimum absolute atomic E-state index is 0.0466.